The quantitative estimate of drug-likeness (QED) is 0.451. The van der Waals surface area contributed by atoms with Gasteiger partial charge in [0.2, 0.25) is 5.91 Å². The SMILES string of the molecule is O=C(N[C@@H]1CCN(CC2CC2)C[C@H]1C(=O)NC1(c2ncccn2)CC1)c1cc(-c2c(F)cc(F)cc2F)on1. The van der Waals surface area contributed by atoms with Crippen LogP contribution in [0, 0.1) is 29.3 Å². The van der Waals surface area contributed by atoms with Crippen LogP contribution in [0.2, 0.25) is 0 Å². The summed E-state index contributed by atoms with van der Waals surface area (Å²) in [6.45, 7) is 2.11. The summed E-state index contributed by atoms with van der Waals surface area (Å²) in [5, 5.41) is 9.68. The Kier molecular flexibility index (Phi) is 6.57. The maximum absolute atomic E-state index is 14.2. The Hall–Kier alpha value is -3.80. The highest BCUT2D eigenvalue weighted by Gasteiger charge is 2.50. The largest absolute Gasteiger partial charge is 0.355 e. The van der Waals surface area contributed by atoms with Crippen molar-refractivity contribution in [3.05, 3.63) is 65.6 Å². The second-order valence-electron chi connectivity index (χ2n) is 10.6. The molecule has 0 unspecified atom stereocenters. The third-order valence-corrected chi connectivity index (χ3v) is 7.67. The van der Waals surface area contributed by atoms with Gasteiger partial charge in [-0.05, 0) is 44.1 Å². The Balaban J connectivity index is 1.18. The number of aromatic nitrogens is 3. The first kappa shape index (κ1) is 25.5. The standard InChI is InChI=1S/C27H27F3N6O3/c28-16-10-18(29)23(19(30)11-16)22-12-21(35-39-22)25(38)33-20-4-9-36(13-15-2-3-15)14-17(20)24(37)34-27(5-6-27)26-31-7-1-8-32-26/h1,7-8,10-12,15,17,20H,2-6,9,13-14H2,(H,33,38)(H,34,37)/t17-,20-/m1/s1. The zero-order valence-electron chi connectivity index (χ0n) is 21.0. The highest BCUT2D eigenvalue weighted by Crippen LogP contribution is 2.44. The summed E-state index contributed by atoms with van der Waals surface area (Å²) in [7, 11) is 0. The van der Waals surface area contributed by atoms with E-state index in [2.05, 4.69) is 30.7 Å². The molecule has 0 bridgehead atoms. The number of hydrogen-bond acceptors (Lipinski definition) is 7. The van der Waals surface area contributed by atoms with Gasteiger partial charge in [0.05, 0.1) is 17.0 Å². The smallest absolute Gasteiger partial charge is 0.273 e. The fourth-order valence-electron chi connectivity index (χ4n) is 5.21. The Morgan fingerprint density at radius 2 is 1.77 bits per heavy atom. The number of carbonyl (C=O) groups excluding carboxylic acids is 2. The van der Waals surface area contributed by atoms with Gasteiger partial charge in [-0.3, -0.25) is 9.59 Å². The number of hydrogen-bond donors (Lipinski definition) is 2. The van der Waals surface area contributed by atoms with Crippen LogP contribution in [0.25, 0.3) is 11.3 Å². The van der Waals surface area contributed by atoms with Crippen LogP contribution in [0.1, 0.15) is 48.4 Å². The first-order valence-electron chi connectivity index (χ1n) is 13.1. The van der Waals surface area contributed by atoms with E-state index in [0.717, 1.165) is 25.5 Å². The molecule has 3 heterocycles. The van der Waals surface area contributed by atoms with E-state index in [1.165, 1.54) is 12.8 Å². The lowest BCUT2D eigenvalue weighted by Crippen LogP contribution is -2.57. The Bertz CT molecular complexity index is 1370. The van der Waals surface area contributed by atoms with E-state index < -0.39 is 46.4 Å². The number of nitrogens with one attached hydrogen (secondary N) is 2. The highest BCUT2D eigenvalue weighted by atomic mass is 19.1. The van der Waals surface area contributed by atoms with Crippen LogP contribution in [0.5, 0.6) is 0 Å². The number of likely N-dealkylation sites (tertiary alicyclic amines) is 1. The third kappa shape index (κ3) is 5.38. The molecule has 1 saturated heterocycles. The van der Waals surface area contributed by atoms with Crippen molar-refractivity contribution in [1.82, 2.24) is 30.7 Å². The molecule has 12 heteroatoms. The van der Waals surface area contributed by atoms with Gasteiger partial charge in [-0.15, -0.1) is 0 Å². The van der Waals surface area contributed by atoms with Crippen molar-refractivity contribution in [2.24, 2.45) is 11.8 Å². The number of nitrogens with zero attached hydrogens (tertiary/aromatic N) is 4. The molecule has 2 aromatic heterocycles. The Morgan fingerprint density at radius 1 is 1.05 bits per heavy atom. The van der Waals surface area contributed by atoms with E-state index in [4.69, 9.17) is 4.52 Å². The van der Waals surface area contributed by atoms with Crippen molar-refractivity contribution in [3.63, 3.8) is 0 Å². The predicted octanol–water partition coefficient (Wildman–Crippen LogP) is 3.18. The number of piperidine rings is 1. The van der Waals surface area contributed by atoms with E-state index in [-0.39, 0.29) is 17.4 Å². The predicted molar refractivity (Wildman–Crippen MR) is 131 cm³/mol. The summed E-state index contributed by atoms with van der Waals surface area (Å²) in [5.74, 6) is -3.92. The summed E-state index contributed by atoms with van der Waals surface area (Å²) in [4.78, 5) is 37.6. The van der Waals surface area contributed by atoms with Crippen LogP contribution < -0.4 is 10.6 Å². The van der Waals surface area contributed by atoms with Crippen molar-refractivity contribution in [3.8, 4) is 11.3 Å². The molecule has 2 aliphatic carbocycles. The molecule has 3 aliphatic rings. The van der Waals surface area contributed by atoms with Crippen LogP contribution in [-0.4, -0.2) is 57.5 Å². The normalized spacial score (nSPS) is 22.3. The topological polar surface area (TPSA) is 113 Å². The summed E-state index contributed by atoms with van der Waals surface area (Å²) in [6, 6.07) is 3.36. The lowest BCUT2D eigenvalue weighted by atomic mass is 9.90. The number of halogens is 3. The highest BCUT2D eigenvalue weighted by molar-refractivity contribution is 5.94. The molecule has 2 N–H and O–H groups in total. The van der Waals surface area contributed by atoms with E-state index >= 15 is 0 Å². The van der Waals surface area contributed by atoms with Crippen LogP contribution in [-0.2, 0) is 10.3 Å². The van der Waals surface area contributed by atoms with Gasteiger partial charge >= 0.3 is 0 Å². The lowest BCUT2D eigenvalue weighted by Gasteiger charge is -2.38. The summed E-state index contributed by atoms with van der Waals surface area (Å²) in [5.41, 5.74) is -1.42. The first-order valence-corrected chi connectivity index (χ1v) is 13.1. The number of amides is 2. The number of benzene rings is 1. The Labute approximate surface area is 222 Å². The minimum atomic E-state index is -1.17. The maximum Gasteiger partial charge on any atom is 0.273 e. The number of carbonyl (C=O) groups is 2. The molecule has 1 aliphatic heterocycles. The average Bonchev–Trinajstić information content (AvgIpc) is 3.84. The molecule has 204 valence electrons. The van der Waals surface area contributed by atoms with E-state index in [1.807, 2.05) is 0 Å². The minimum Gasteiger partial charge on any atom is -0.355 e. The summed E-state index contributed by atoms with van der Waals surface area (Å²) >= 11 is 0. The van der Waals surface area contributed by atoms with E-state index in [1.54, 1.807) is 18.5 Å². The zero-order chi connectivity index (χ0) is 27.1. The fourth-order valence-corrected chi connectivity index (χ4v) is 5.21. The lowest BCUT2D eigenvalue weighted by molar-refractivity contribution is -0.128. The first-order chi connectivity index (χ1) is 18.8. The molecule has 0 radical (unpaired) electrons. The second-order valence-corrected chi connectivity index (χ2v) is 10.6. The molecule has 2 saturated carbocycles. The molecule has 6 rings (SSSR count). The molecule has 39 heavy (non-hydrogen) atoms. The summed E-state index contributed by atoms with van der Waals surface area (Å²) < 4.78 is 46.7. The van der Waals surface area contributed by atoms with Crippen LogP contribution in [0.4, 0.5) is 13.2 Å². The van der Waals surface area contributed by atoms with Crippen LogP contribution in [0.3, 0.4) is 0 Å². The number of rotatable bonds is 8. The minimum absolute atomic E-state index is 0.193. The zero-order valence-corrected chi connectivity index (χ0v) is 21.0. The second kappa shape index (κ2) is 10.1. The maximum atomic E-state index is 14.2. The molecule has 1 aromatic carbocycles. The molecule has 3 fully saturated rings. The molecular weight excluding hydrogens is 513 g/mol. The molecular formula is C27H27F3N6O3. The monoisotopic (exact) mass is 540 g/mol. The molecule has 0 spiro atoms. The van der Waals surface area contributed by atoms with Gasteiger partial charge in [0, 0.05) is 56.3 Å². The van der Waals surface area contributed by atoms with Crippen molar-refractivity contribution in [2.75, 3.05) is 19.6 Å². The van der Waals surface area contributed by atoms with Gasteiger partial charge in [-0.2, -0.15) is 0 Å². The average molecular weight is 541 g/mol. The van der Waals surface area contributed by atoms with Crippen LogP contribution in [0.15, 0.2) is 41.2 Å². The van der Waals surface area contributed by atoms with Crippen molar-refractivity contribution >= 4 is 11.8 Å². The molecule has 3 aromatic rings. The van der Waals surface area contributed by atoms with Gasteiger partial charge in [-0.1, -0.05) is 5.16 Å². The Morgan fingerprint density at radius 3 is 2.44 bits per heavy atom. The molecule has 9 nitrogen and oxygen atoms in total. The van der Waals surface area contributed by atoms with Gasteiger partial charge in [0.15, 0.2) is 17.3 Å². The van der Waals surface area contributed by atoms with E-state index in [0.29, 0.717) is 43.4 Å². The van der Waals surface area contributed by atoms with Gasteiger partial charge in [-0.25, -0.2) is 23.1 Å². The van der Waals surface area contributed by atoms with Gasteiger partial charge in [0.25, 0.3) is 5.91 Å². The van der Waals surface area contributed by atoms with Crippen molar-refractivity contribution in [1.29, 1.82) is 0 Å². The fraction of sp³-hybridized carbons (Fsp3) is 0.444. The van der Waals surface area contributed by atoms with Crippen molar-refractivity contribution in [2.45, 2.75) is 43.7 Å². The molecule has 2 amide bonds. The third-order valence-electron chi connectivity index (χ3n) is 7.67. The summed E-state index contributed by atoms with van der Waals surface area (Å²) in [6.07, 6.45) is 7.67. The molecule has 2 atom stereocenters. The van der Waals surface area contributed by atoms with E-state index in [9.17, 15) is 22.8 Å². The van der Waals surface area contributed by atoms with Crippen LogP contribution >= 0.6 is 0 Å². The van der Waals surface area contributed by atoms with Crippen molar-refractivity contribution < 1.29 is 27.3 Å². The van der Waals surface area contributed by atoms with Gasteiger partial charge in [0.1, 0.15) is 17.5 Å². The van der Waals surface area contributed by atoms with Gasteiger partial charge < -0.3 is 20.1 Å².